The van der Waals surface area contributed by atoms with Crippen LogP contribution in [-0.4, -0.2) is 45.3 Å². The summed E-state index contributed by atoms with van der Waals surface area (Å²) in [6.07, 6.45) is 6.59. The summed E-state index contributed by atoms with van der Waals surface area (Å²) in [4.78, 5) is 0. The van der Waals surface area contributed by atoms with Gasteiger partial charge in [0, 0.05) is 0 Å². The highest BCUT2D eigenvalue weighted by molar-refractivity contribution is 5.13. The molecule has 0 heterocycles. The quantitative estimate of drug-likeness (QED) is 0.626. The molecule has 3 aliphatic carbocycles. The third-order valence-electron chi connectivity index (χ3n) is 8.86. The molecule has 0 aromatic heterocycles. The fraction of sp³-hybridized carbons (Fsp3) is 1.00. The summed E-state index contributed by atoms with van der Waals surface area (Å²) in [6, 6.07) is 0. The smallest absolute Gasteiger partial charge is 0.118 e. The van der Waals surface area contributed by atoms with Crippen LogP contribution >= 0.6 is 0 Å². The van der Waals surface area contributed by atoms with Crippen LogP contribution in [0.5, 0.6) is 0 Å². The molecule has 0 aliphatic heterocycles. The molecule has 0 saturated heterocycles. The third kappa shape index (κ3) is 2.79. The highest BCUT2D eigenvalue weighted by Crippen LogP contribution is 2.70. The van der Waals surface area contributed by atoms with Crippen molar-refractivity contribution in [1.82, 2.24) is 0 Å². The highest BCUT2D eigenvalue weighted by Gasteiger charge is 2.63. The van der Waals surface area contributed by atoms with Crippen molar-refractivity contribution in [2.45, 2.75) is 84.3 Å². The molecule has 146 valence electrons. The second-order valence-corrected chi connectivity index (χ2v) is 10.6. The van der Waals surface area contributed by atoms with Gasteiger partial charge in [-0.25, -0.2) is 0 Å². The minimum atomic E-state index is -1.59. The van der Waals surface area contributed by atoms with Crippen molar-refractivity contribution < 1.29 is 20.4 Å². The van der Waals surface area contributed by atoms with E-state index in [2.05, 4.69) is 27.7 Å². The number of fused-ring (bicyclic) bond motifs is 3. The van der Waals surface area contributed by atoms with Crippen molar-refractivity contribution in [3.63, 3.8) is 0 Å². The molecule has 4 heteroatoms. The van der Waals surface area contributed by atoms with Crippen molar-refractivity contribution in [2.75, 3.05) is 13.2 Å². The summed E-state index contributed by atoms with van der Waals surface area (Å²) in [6.45, 7) is 8.65. The van der Waals surface area contributed by atoms with Gasteiger partial charge >= 0.3 is 0 Å². The van der Waals surface area contributed by atoms with Gasteiger partial charge in [-0.2, -0.15) is 0 Å². The molecule has 0 aromatic carbocycles. The monoisotopic (exact) mass is 354 g/mol. The molecule has 0 bridgehead atoms. The van der Waals surface area contributed by atoms with Crippen LogP contribution in [0.1, 0.15) is 72.6 Å². The summed E-state index contributed by atoms with van der Waals surface area (Å²) in [7, 11) is 0. The van der Waals surface area contributed by atoms with Gasteiger partial charge in [-0.05, 0) is 72.5 Å². The molecule has 4 nitrogen and oxygen atoms in total. The lowest BCUT2D eigenvalue weighted by Gasteiger charge is -2.61. The molecular weight excluding hydrogens is 316 g/mol. The predicted octanol–water partition coefficient (Wildman–Crippen LogP) is 2.72. The second kappa shape index (κ2) is 6.19. The molecule has 2 unspecified atom stereocenters. The first-order chi connectivity index (χ1) is 11.5. The summed E-state index contributed by atoms with van der Waals surface area (Å²) < 4.78 is 0. The van der Waals surface area contributed by atoms with Crippen LogP contribution in [0.25, 0.3) is 0 Å². The Balaban J connectivity index is 1.92. The van der Waals surface area contributed by atoms with Crippen LogP contribution in [0.15, 0.2) is 0 Å². The molecule has 3 aliphatic rings. The van der Waals surface area contributed by atoms with Crippen molar-refractivity contribution in [3.05, 3.63) is 0 Å². The Morgan fingerprint density at radius 3 is 2.32 bits per heavy atom. The van der Waals surface area contributed by atoms with Gasteiger partial charge < -0.3 is 20.4 Å². The van der Waals surface area contributed by atoms with E-state index in [9.17, 15) is 20.4 Å². The number of hydrogen-bond acceptors (Lipinski definition) is 4. The standard InChI is InChI=1S/C21H38O4/c1-18(2)7-5-8-20(4)15(18)6-9-19(3)11-14(10-16(19)20)21(25,13-23)17(24)12-22/h14-17,22-25H,5-13H2,1-4H3/t14-,15+,16+,17?,19+,20+,21?/m1/s1. The number of aliphatic hydroxyl groups excluding tert-OH is 3. The zero-order valence-electron chi connectivity index (χ0n) is 16.5. The minimum absolute atomic E-state index is 0.154. The van der Waals surface area contributed by atoms with Crippen molar-refractivity contribution in [3.8, 4) is 0 Å². The molecule has 25 heavy (non-hydrogen) atoms. The topological polar surface area (TPSA) is 80.9 Å². The Kier molecular flexibility index (Phi) is 4.85. The van der Waals surface area contributed by atoms with E-state index in [1.54, 1.807) is 0 Å². The summed E-state index contributed by atoms with van der Waals surface area (Å²) >= 11 is 0. The first-order valence-corrected chi connectivity index (χ1v) is 10.2. The first-order valence-electron chi connectivity index (χ1n) is 10.2. The molecular formula is C21H38O4. The molecule has 3 rings (SSSR count). The van der Waals surface area contributed by atoms with Gasteiger partial charge in [0.2, 0.25) is 0 Å². The maximum Gasteiger partial charge on any atom is 0.118 e. The van der Waals surface area contributed by atoms with Crippen LogP contribution in [-0.2, 0) is 0 Å². The second-order valence-electron chi connectivity index (χ2n) is 10.6. The lowest BCUT2D eigenvalue weighted by atomic mass is 9.44. The van der Waals surface area contributed by atoms with Gasteiger partial charge in [0.05, 0.1) is 13.2 Å². The van der Waals surface area contributed by atoms with Gasteiger partial charge in [-0.15, -0.1) is 0 Å². The maximum absolute atomic E-state index is 11.0. The van der Waals surface area contributed by atoms with E-state index in [-0.39, 0.29) is 16.7 Å². The third-order valence-corrected chi connectivity index (χ3v) is 8.86. The Morgan fingerprint density at radius 1 is 1.04 bits per heavy atom. The molecule has 0 amide bonds. The van der Waals surface area contributed by atoms with Gasteiger partial charge in [-0.1, -0.05) is 34.1 Å². The summed E-state index contributed by atoms with van der Waals surface area (Å²) in [5, 5.41) is 40.3. The van der Waals surface area contributed by atoms with Crippen molar-refractivity contribution in [2.24, 2.45) is 34.0 Å². The first kappa shape index (κ1) is 19.6. The number of rotatable bonds is 4. The van der Waals surface area contributed by atoms with Gasteiger partial charge in [-0.3, -0.25) is 0 Å². The normalized spacial score (nSPS) is 46.8. The summed E-state index contributed by atoms with van der Waals surface area (Å²) in [5.41, 5.74) is -0.804. The Hall–Kier alpha value is -0.160. The van der Waals surface area contributed by atoms with Gasteiger partial charge in [0.15, 0.2) is 0 Å². The van der Waals surface area contributed by atoms with E-state index >= 15 is 0 Å². The minimum Gasteiger partial charge on any atom is -0.394 e. The van der Waals surface area contributed by atoms with E-state index in [0.717, 1.165) is 19.3 Å². The molecule has 7 atom stereocenters. The molecule has 0 radical (unpaired) electrons. The van der Waals surface area contributed by atoms with E-state index < -0.39 is 24.9 Å². The van der Waals surface area contributed by atoms with Gasteiger partial charge in [0.1, 0.15) is 11.7 Å². The van der Waals surface area contributed by atoms with E-state index in [1.807, 2.05) is 0 Å². The Labute approximate surface area is 152 Å². The number of hydrogen-bond donors (Lipinski definition) is 4. The van der Waals surface area contributed by atoms with E-state index in [1.165, 1.54) is 25.7 Å². The highest BCUT2D eigenvalue weighted by atomic mass is 16.4. The molecule has 3 saturated carbocycles. The van der Waals surface area contributed by atoms with E-state index in [0.29, 0.717) is 17.3 Å². The number of aliphatic hydroxyl groups is 4. The molecule has 4 N–H and O–H groups in total. The summed E-state index contributed by atoms with van der Waals surface area (Å²) in [5.74, 6) is 1.05. The van der Waals surface area contributed by atoms with Crippen LogP contribution in [0.4, 0.5) is 0 Å². The zero-order chi connectivity index (χ0) is 18.7. The lowest BCUT2D eigenvalue weighted by molar-refractivity contribution is -0.154. The average Bonchev–Trinajstić information content (AvgIpc) is 2.92. The van der Waals surface area contributed by atoms with Crippen LogP contribution in [0, 0.1) is 34.0 Å². The van der Waals surface area contributed by atoms with E-state index in [4.69, 9.17) is 0 Å². The van der Waals surface area contributed by atoms with Crippen molar-refractivity contribution in [1.29, 1.82) is 0 Å². The fourth-order valence-electron chi connectivity index (χ4n) is 7.52. The lowest BCUT2D eigenvalue weighted by Crippen LogP contribution is -2.53. The van der Waals surface area contributed by atoms with Gasteiger partial charge in [0.25, 0.3) is 0 Å². The molecule has 0 aromatic rings. The average molecular weight is 355 g/mol. The van der Waals surface area contributed by atoms with Crippen LogP contribution in [0.3, 0.4) is 0 Å². The maximum atomic E-state index is 11.0. The zero-order valence-corrected chi connectivity index (χ0v) is 16.5. The van der Waals surface area contributed by atoms with Crippen molar-refractivity contribution >= 4 is 0 Å². The Bertz CT molecular complexity index is 506. The van der Waals surface area contributed by atoms with Crippen LogP contribution < -0.4 is 0 Å². The largest absolute Gasteiger partial charge is 0.394 e. The Morgan fingerprint density at radius 2 is 1.72 bits per heavy atom. The predicted molar refractivity (Wildman–Crippen MR) is 97.9 cm³/mol. The SMILES string of the molecule is CC1(C)CCC[C@@]2(C)[C@H]1CC[C@@]1(C)C[C@H](C(O)(CO)C(O)CO)C[C@@H]12. The molecule has 0 spiro atoms. The van der Waals surface area contributed by atoms with Crippen LogP contribution in [0.2, 0.25) is 0 Å². The molecule has 3 fully saturated rings. The fourth-order valence-corrected chi connectivity index (χ4v) is 7.52.